The van der Waals surface area contributed by atoms with Crippen molar-refractivity contribution in [3.8, 4) is 0 Å². The van der Waals surface area contributed by atoms with Crippen molar-refractivity contribution < 1.29 is 4.74 Å². The molecule has 1 aromatic rings. The van der Waals surface area contributed by atoms with Gasteiger partial charge in [-0.2, -0.15) is 0 Å². The summed E-state index contributed by atoms with van der Waals surface area (Å²) in [5.74, 6) is 0. The molecule has 106 valence electrons. The number of ether oxygens (including phenoxy) is 1. The second-order valence-corrected chi connectivity index (χ2v) is 12.5. The van der Waals surface area contributed by atoms with Crippen LogP contribution in [0.1, 0.15) is 36.8 Å². The molecule has 19 heavy (non-hydrogen) atoms. The van der Waals surface area contributed by atoms with Gasteiger partial charge in [0.1, 0.15) is 0 Å². The molecular weight excluding hydrogens is 347 g/mol. The number of benzene rings is 1. The maximum atomic E-state index is 5.51. The van der Waals surface area contributed by atoms with E-state index in [1.54, 1.807) is 9.99 Å². The Morgan fingerprint density at radius 1 is 1.11 bits per heavy atom. The zero-order valence-electron chi connectivity index (χ0n) is 12.0. The minimum absolute atomic E-state index is 0.559. The zero-order chi connectivity index (χ0) is 13.1. The van der Waals surface area contributed by atoms with Gasteiger partial charge in [0.2, 0.25) is 0 Å². The standard InChI is InChI=1S/C17H25IO/c1-15-3-5-16(6-4-15)17(7-2-8-17)9-10-18-11-13-19-14-12-18/h3-6H,2,7-14H2,1H3. The van der Waals surface area contributed by atoms with Gasteiger partial charge in [0.15, 0.2) is 0 Å². The number of alkyl halides is 3. The predicted molar refractivity (Wildman–Crippen MR) is 90.8 cm³/mol. The Bertz CT molecular complexity index is 402. The molecule has 0 radical (unpaired) electrons. The molecule has 0 atom stereocenters. The third-order valence-electron chi connectivity index (χ3n) is 4.79. The molecule has 1 aliphatic carbocycles. The van der Waals surface area contributed by atoms with Crippen molar-refractivity contribution in [3.05, 3.63) is 35.4 Å². The van der Waals surface area contributed by atoms with Crippen molar-refractivity contribution >= 4 is 19.8 Å². The van der Waals surface area contributed by atoms with Gasteiger partial charge in [-0.05, 0) is 0 Å². The van der Waals surface area contributed by atoms with Crippen LogP contribution in [0.4, 0.5) is 0 Å². The van der Waals surface area contributed by atoms with Gasteiger partial charge in [0.25, 0.3) is 0 Å². The van der Waals surface area contributed by atoms with Crippen LogP contribution in [-0.2, 0) is 10.2 Å². The molecule has 0 spiro atoms. The fraction of sp³-hybridized carbons (Fsp3) is 0.647. The number of halogens is 1. The molecule has 3 rings (SSSR count). The van der Waals surface area contributed by atoms with Crippen LogP contribution in [-0.4, -0.2) is 26.5 Å². The molecular formula is C17H25IO. The Labute approximate surface area is 124 Å². The van der Waals surface area contributed by atoms with Gasteiger partial charge >= 0.3 is 124 Å². The van der Waals surface area contributed by atoms with Crippen molar-refractivity contribution in [3.63, 3.8) is 0 Å². The Balaban J connectivity index is 1.64. The van der Waals surface area contributed by atoms with E-state index in [-0.39, 0.29) is 0 Å². The summed E-state index contributed by atoms with van der Waals surface area (Å²) < 4.78 is 9.94. The van der Waals surface area contributed by atoms with E-state index in [1.807, 2.05) is 0 Å². The topological polar surface area (TPSA) is 9.23 Å². The van der Waals surface area contributed by atoms with Crippen molar-refractivity contribution in [1.82, 2.24) is 0 Å². The second kappa shape index (κ2) is 6.13. The maximum absolute atomic E-state index is 5.51. The minimum atomic E-state index is -0.641. The summed E-state index contributed by atoms with van der Waals surface area (Å²) in [6.07, 6.45) is 5.75. The molecule has 1 saturated carbocycles. The molecule has 2 heteroatoms. The van der Waals surface area contributed by atoms with Crippen LogP contribution in [0.25, 0.3) is 0 Å². The average molecular weight is 372 g/mol. The zero-order valence-corrected chi connectivity index (χ0v) is 14.1. The van der Waals surface area contributed by atoms with Crippen molar-refractivity contribution in [2.45, 2.75) is 38.0 Å². The summed E-state index contributed by atoms with van der Waals surface area (Å²) in [7, 11) is 0. The van der Waals surface area contributed by atoms with E-state index >= 15 is 0 Å². The van der Waals surface area contributed by atoms with Crippen LogP contribution < -0.4 is 0 Å². The van der Waals surface area contributed by atoms with E-state index in [9.17, 15) is 0 Å². The van der Waals surface area contributed by atoms with E-state index < -0.39 is 19.8 Å². The Kier molecular flexibility index (Phi) is 4.47. The van der Waals surface area contributed by atoms with Gasteiger partial charge in [-0.1, -0.05) is 0 Å². The molecule has 1 heterocycles. The van der Waals surface area contributed by atoms with Crippen LogP contribution in [0.2, 0.25) is 0 Å². The second-order valence-electron chi connectivity index (χ2n) is 6.00. The van der Waals surface area contributed by atoms with E-state index in [0.29, 0.717) is 5.41 Å². The first-order chi connectivity index (χ1) is 9.28. The van der Waals surface area contributed by atoms with Crippen molar-refractivity contribution in [2.75, 3.05) is 26.5 Å². The Morgan fingerprint density at radius 2 is 1.79 bits per heavy atom. The number of rotatable bonds is 4. The third-order valence-corrected chi connectivity index (χ3v) is 10.8. The summed E-state index contributed by atoms with van der Waals surface area (Å²) >= 11 is -0.641. The molecule has 1 aromatic carbocycles. The SMILES string of the molecule is Cc1ccc(C2(CCI3CCOCC3)CCC2)cc1. The number of hydrogen-bond donors (Lipinski definition) is 0. The van der Waals surface area contributed by atoms with E-state index in [0.717, 1.165) is 13.2 Å². The fourth-order valence-electron chi connectivity index (χ4n) is 3.22. The monoisotopic (exact) mass is 372 g/mol. The summed E-state index contributed by atoms with van der Waals surface area (Å²) in [6.45, 7) is 4.30. The molecule has 0 unspecified atom stereocenters. The van der Waals surface area contributed by atoms with Gasteiger partial charge < -0.3 is 0 Å². The van der Waals surface area contributed by atoms with Gasteiger partial charge in [0.05, 0.1) is 0 Å². The summed E-state index contributed by atoms with van der Waals surface area (Å²) in [6, 6.07) is 9.37. The third kappa shape index (κ3) is 3.15. The van der Waals surface area contributed by atoms with Crippen LogP contribution in [0, 0.1) is 6.92 Å². The molecule has 1 nitrogen and oxygen atoms in total. The fourth-order valence-corrected chi connectivity index (χ4v) is 8.50. The average Bonchev–Trinajstić information content (AvgIpc) is 2.41. The molecule has 0 bridgehead atoms. The van der Waals surface area contributed by atoms with Gasteiger partial charge in [0, 0.05) is 0 Å². The number of aryl methyl sites for hydroxylation is 1. The van der Waals surface area contributed by atoms with Gasteiger partial charge in [-0.25, -0.2) is 0 Å². The predicted octanol–water partition coefficient (Wildman–Crippen LogP) is 4.34. The molecule has 2 aliphatic rings. The first kappa shape index (κ1) is 13.9. The molecule has 2 fully saturated rings. The van der Waals surface area contributed by atoms with E-state index in [1.165, 1.54) is 40.1 Å². The Morgan fingerprint density at radius 3 is 2.37 bits per heavy atom. The quantitative estimate of drug-likeness (QED) is 0.564. The van der Waals surface area contributed by atoms with E-state index in [2.05, 4.69) is 31.2 Å². The molecule has 0 N–H and O–H groups in total. The van der Waals surface area contributed by atoms with Gasteiger partial charge in [-0.15, -0.1) is 0 Å². The molecule has 1 aliphatic heterocycles. The van der Waals surface area contributed by atoms with Crippen molar-refractivity contribution in [1.29, 1.82) is 0 Å². The van der Waals surface area contributed by atoms with Crippen molar-refractivity contribution in [2.24, 2.45) is 0 Å². The Hall–Kier alpha value is -0.0900. The molecule has 0 amide bonds. The summed E-state index contributed by atoms with van der Waals surface area (Å²) in [4.78, 5) is 0. The number of hydrogen-bond acceptors (Lipinski definition) is 1. The molecule has 0 aromatic heterocycles. The van der Waals surface area contributed by atoms with Crippen LogP contribution >= 0.6 is 19.8 Å². The van der Waals surface area contributed by atoms with Crippen LogP contribution in [0.3, 0.4) is 0 Å². The first-order valence-corrected chi connectivity index (χ1v) is 12.1. The summed E-state index contributed by atoms with van der Waals surface area (Å²) in [5.41, 5.74) is 3.57. The van der Waals surface area contributed by atoms with Crippen LogP contribution in [0.15, 0.2) is 24.3 Å². The van der Waals surface area contributed by atoms with Gasteiger partial charge in [-0.3, -0.25) is 0 Å². The normalized spacial score (nSPS) is 23.9. The molecule has 1 saturated heterocycles. The van der Waals surface area contributed by atoms with E-state index in [4.69, 9.17) is 4.74 Å². The first-order valence-electron chi connectivity index (χ1n) is 7.51. The summed E-state index contributed by atoms with van der Waals surface area (Å²) in [5, 5.41) is 0. The van der Waals surface area contributed by atoms with Crippen LogP contribution in [0.5, 0.6) is 0 Å².